The van der Waals surface area contributed by atoms with Gasteiger partial charge in [0, 0.05) is 24.8 Å². The molecule has 1 aromatic carbocycles. The first kappa shape index (κ1) is 12.9. The highest BCUT2D eigenvalue weighted by atomic mass is 16.3. The zero-order valence-electron chi connectivity index (χ0n) is 11.2. The lowest BCUT2D eigenvalue weighted by atomic mass is 10.0. The Kier molecular flexibility index (Phi) is 3.58. The molecule has 1 aliphatic rings. The first-order valence-electron chi connectivity index (χ1n) is 6.46. The number of aliphatic hydroxyl groups is 1. The van der Waals surface area contributed by atoms with E-state index in [-0.39, 0.29) is 0 Å². The SMILES string of the molecule is CC1CC1CN(C)c1cc(C#N)ccc1[C@@H](C)O. The predicted molar refractivity (Wildman–Crippen MR) is 72.3 cm³/mol. The molecule has 0 aromatic heterocycles. The standard InChI is InChI=1S/C15H20N2O/c1-10-6-13(10)9-17(3)15-7-12(8-16)4-5-14(15)11(2)18/h4-5,7,10-11,13,18H,6,9H2,1-3H3/t10?,11-,13?/m1/s1. The van der Waals surface area contributed by atoms with Crippen LogP contribution in [0.4, 0.5) is 5.69 Å². The van der Waals surface area contributed by atoms with Crippen LogP contribution in [0.1, 0.15) is 37.5 Å². The molecule has 0 radical (unpaired) electrons. The molecule has 0 spiro atoms. The van der Waals surface area contributed by atoms with E-state index in [2.05, 4.69) is 17.9 Å². The molecule has 1 aromatic rings. The molecule has 1 aliphatic carbocycles. The average molecular weight is 244 g/mol. The number of benzene rings is 1. The molecule has 0 bridgehead atoms. The number of nitrogens with zero attached hydrogens (tertiary/aromatic N) is 2. The monoisotopic (exact) mass is 244 g/mol. The van der Waals surface area contributed by atoms with E-state index in [1.54, 1.807) is 13.0 Å². The first-order chi connectivity index (χ1) is 8.52. The molecule has 18 heavy (non-hydrogen) atoms. The fourth-order valence-electron chi connectivity index (χ4n) is 2.40. The summed E-state index contributed by atoms with van der Waals surface area (Å²) in [7, 11) is 2.04. The van der Waals surface area contributed by atoms with Crippen LogP contribution in [0, 0.1) is 23.2 Å². The molecule has 1 fully saturated rings. The van der Waals surface area contributed by atoms with Crippen molar-refractivity contribution in [2.45, 2.75) is 26.4 Å². The van der Waals surface area contributed by atoms with E-state index in [9.17, 15) is 5.11 Å². The molecule has 3 atom stereocenters. The number of aliphatic hydroxyl groups excluding tert-OH is 1. The molecule has 1 N–H and O–H groups in total. The van der Waals surface area contributed by atoms with E-state index in [0.29, 0.717) is 5.56 Å². The Hall–Kier alpha value is -1.53. The Morgan fingerprint density at radius 3 is 2.72 bits per heavy atom. The molecule has 1 saturated carbocycles. The summed E-state index contributed by atoms with van der Waals surface area (Å²) >= 11 is 0. The lowest BCUT2D eigenvalue weighted by molar-refractivity contribution is 0.199. The van der Waals surface area contributed by atoms with Crippen molar-refractivity contribution < 1.29 is 5.11 Å². The van der Waals surface area contributed by atoms with E-state index in [4.69, 9.17) is 5.26 Å². The van der Waals surface area contributed by atoms with Crippen LogP contribution in [0.5, 0.6) is 0 Å². The fourth-order valence-corrected chi connectivity index (χ4v) is 2.40. The molecule has 0 amide bonds. The van der Waals surface area contributed by atoms with Gasteiger partial charge in [0.15, 0.2) is 0 Å². The van der Waals surface area contributed by atoms with Crippen LogP contribution in [0.2, 0.25) is 0 Å². The molecule has 96 valence electrons. The molecule has 3 nitrogen and oxygen atoms in total. The summed E-state index contributed by atoms with van der Waals surface area (Å²) in [4.78, 5) is 2.16. The second kappa shape index (κ2) is 4.99. The van der Waals surface area contributed by atoms with Crippen LogP contribution < -0.4 is 4.90 Å². The molecule has 3 heteroatoms. The van der Waals surface area contributed by atoms with Crippen molar-refractivity contribution in [3.63, 3.8) is 0 Å². The summed E-state index contributed by atoms with van der Waals surface area (Å²) in [6, 6.07) is 7.64. The van der Waals surface area contributed by atoms with Crippen LogP contribution in [0.3, 0.4) is 0 Å². The fraction of sp³-hybridized carbons (Fsp3) is 0.533. The minimum atomic E-state index is -0.508. The lowest BCUT2D eigenvalue weighted by Gasteiger charge is -2.24. The van der Waals surface area contributed by atoms with E-state index < -0.39 is 6.10 Å². The van der Waals surface area contributed by atoms with Crippen molar-refractivity contribution in [2.24, 2.45) is 11.8 Å². The quantitative estimate of drug-likeness (QED) is 0.885. The van der Waals surface area contributed by atoms with Crippen LogP contribution in [0.25, 0.3) is 0 Å². The van der Waals surface area contributed by atoms with Crippen molar-refractivity contribution in [1.82, 2.24) is 0 Å². The maximum atomic E-state index is 9.81. The smallest absolute Gasteiger partial charge is 0.0992 e. The van der Waals surface area contributed by atoms with Gasteiger partial charge in [0.2, 0.25) is 0 Å². The van der Waals surface area contributed by atoms with E-state index in [0.717, 1.165) is 29.6 Å². The summed E-state index contributed by atoms with van der Waals surface area (Å²) in [6.07, 6.45) is 0.776. The maximum absolute atomic E-state index is 9.81. The van der Waals surface area contributed by atoms with Gasteiger partial charge in [0.25, 0.3) is 0 Å². The highest BCUT2D eigenvalue weighted by molar-refractivity contribution is 5.58. The first-order valence-corrected chi connectivity index (χ1v) is 6.46. The van der Waals surface area contributed by atoms with Crippen molar-refractivity contribution in [2.75, 3.05) is 18.5 Å². The van der Waals surface area contributed by atoms with Crippen LogP contribution in [-0.2, 0) is 0 Å². The summed E-state index contributed by atoms with van der Waals surface area (Å²) in [5.41, 5.74) is 2.51. The Labute approximate surface area is 109 Å². The van der Waals surface area contributed by atoms with Gasteiger partial charge in [-0.15, -0.1) is 0 Å². The number of anilines is 1. The van der Waals surface area contributed by atoms with E-state index >= 15 is 0 Å². The van der Waals surface area contributed by atoms with Crippen molar-refractivity contribution in [3.05, 3.63) is 29.3 Å². The van der Waals surface area contributed by atoms with Crippen molar-refractivity contribution in [1.29, 1.82) is 5.26 Å². The highest BCUT2D eigenvalue weighted by Crippen LogP contribution is 2.39. The van der Waals surface area contributed by atoms with Crippen molar-refractivity contribution in [3.8, 4) is 6.07 Å². The third-order valence-electron chi connectivity index (χ3n) is 3.81. The molecular formula is C15H20N2O. The largest absolute Gasteiger partial charge is 0.389 e. The topological polar surface area (TPSA) is 47.3 Å². The number of rotatable bonds is 4. The minimum Gasteiger partial charge on any atom is -0.389 e. The van der Waals surface area contributed by atoms with E-state index in [1.165, 1.54) is 6.42 Å². The van der Waals surface area contributed by atoms with E-state index in [1.807, 2.05) is 19.2 Å². The third-order valence-corrected chi connectivity index (χ3v) is 3.81. The van der Waals surface area contributed by atoms with Crippen molar-refractivity contribution >= 4 is 5.69 Å². The Morgan fingerprint density at radius 1 is 1.56 bits per heavy atom. The summed E-state index contributed by atoms with van der Waals surface area (Å²) in [6.45, 7) is 5.02. The molecule has 0 heterocycles. The van der Waals surface area contributed by atoms with Gasteiger partial charge in [-0.25, -0.2) is 0 Å². The number of nitriles is 1. The summed E-state index contributed by atoms with van der Waals surface area (Å²) in [5, 5.41) is 18.8. The van der Waals surface area contributed by atoms with Gasteiger partial charge in [-0.2, -0.15) is 5.26 Å². The lowest BCUT2D eigenvalue weighted by Crippen LogP contribution is -2.22. The Morgan fingerprint density at radius 2 is 2.22 bits per heavy atom. The average Bonchev–Trinajstić information content (AvgIpc) is 3.03. The van der Waals surface area contributed by atoms with Gasteiger partial charge in [-0.05, 0) is 37.3 Å². The van der Waals surface area contributed by atoms with Gasteiger partial charge < -0.3 is 10.0 Å². The van der Waals surface area contributed by atoms with Gasteiger partial charge in [-0.3, -0.25) is 0 Å². The maximum Gasteiger partial charge on any atom is 0.0992 e. The van der Waals surface area contributed by atoms with Crippen LogP contribution >= 0.6 is 0 Å². The molecule has 2 rings (SSSR count). The van der Waals surface area contributed by atoms with Crippen LogP contribution in [0.15, 0.2) is 18.2 Å². The zero-order valence-corrected chi connectivity index (χ0v) is 11.2. The van der Waals surface area contributed by atoms with Crippen LogP contribution in [-0.4, -0.2) is 18.7 Å². The van der Waals surface area contributed by atoms with Gasteiger partial charge in [-0.1, -0.05) is 13.0 Å². The molecule has 0 saturated heterocycles. The Balaban J connectivity index is 2.25. The molecule has 2 unspecified atom stereocenters. The third kappa shape index (κ3) is 2.65. The van der Waals surface area contributed by atoms with Gasteiger partial charge in [0.05, 0.1) is 17.7 Å². The molecular weight excluding hydrogens is 224 g/mol. The second-order valence-electron chi connectivity index (χ2n) is 5.41. The highest BCUT2D eigenvalue weighted by Gasteiger charge is 2.33. The van der Waals surface area contributed by atoms with Gasteiger partial charge in [0.1, 0.15) is 0 Å². The summed E-state index contributed by atoms with van der Waals surface area (Å²) in [5.74, 6) is 1.56. The van der Waals surface area contributed by atoms with Gasteiger partial charge >= 0.3 is 0 Å². The Bertz CT molecular complexity index is 476. The zero-order chi connectivity index (χ0) is 13.3. The second-order valence-corrected chi connectivity index (χ2v) is 5.41. The molecule has 0 aliphatic heterocycles. The number of hydrogen-bond donors (Lipinski definition) is 1. The predicted octanol–water partition coefficient (Wildman–Crippen LogP) is 2.70. The summed E-state index contributed by atoms with van der Waals surface area (Å²) < 4.78 is 0. The normalized spacial score (nSPS) is 23.3. The minimum absolute atomic E-state index is 0.508. The number of hydrogen-bond acceptors (Lipinski definition) is 3.